The molecule has 0 fully saturated rings. The molecule has 0 aliphatic rings. The van der Waals surface area contributed by atoms with Gasteiger partial charge in [-0.2, -0.15) is 0 Å². The first-order valence-electron chi connectivity index (χ1n) is 3.92. The summed E-state index contributed by atoms with van der Waals surface area (Å²) in [6.45, 7) is 0. The Bertz CT molecular complexity index is 328. The third-order valence-electron chi connectivity index (χ3n) is 1.44. The maximum atomic E-state index is 10.1. The van der Waals surface area contributed by atoms with Crippen LogP contribution in [0.4, 0.5) is 0 Å². The van der Waals surface area contributed by atoms with Gasteiger partial charge in [0.1, 0.15) is 0 Å². The van der Waals surface area contributed by atoms with E-state index in [1.807, 2.05) is 36.4 Å². The summed E-state index contributed by atoms with van der Waals surface area (Å²) in [5.74, 6) is -0.933. The summed E-state index contributed by atoms with van der Waals surface area (Å²) in [4.78, 5) is 10.1. The van der Waals surface area contributed by atoms with Crippen LogP contribution in [0.1, 0.15) is 5.56 Å². The van der Waals surface area contributed by atoms with Crippen molar-refractivity contribution in [1.82, 2.24) is 0 Å². The average molecular weight is 206 g/mol. The van der Waals surface area contributed by atoms with Crippen LogP contribution in [0.25, 0.3) is 6.08 Å². The number of aliphatic carboxylic acids is 1. The zero-order valence-electron chi connectivity index (χ0n) is 7.05. The molecule has 1 aromatic carbocycles. The van der Waals surface area contributed by atoms with Crippen molar-refractivity contribution in [2.75, 3.05) is 0 Å². The number of carboxylic acid groups (broad SMARTS) is 1. The average Bonchev–Trinajstić information content (AvgIpc) is 2.14. The van der Waals surface area contributed by atoms with Crippen molar-refractivity contribution in [3.8, 4) is 0 Å². The van der Waals surface area contributed by atoms with Crippen LogP contribution < -0.4 is 0 Å². The van der Waals surface area contributed by atoms with E-state index >= 15 is 0 Å². The fourth-order valence-corrected chi connectivity index (χ4v) is 0.869. The number of allylic oxidation sites excluding steroid dienone is 2. The highest BCUT2D eigenvalue weighted by Crippen LogP contribution is 2.00. The zero-order valence-corrected chi connectivity index (χ0v) is 7.05. The highest BCUT2D eigenvalue weighted by Gasteiger charge is 1.82. The molecule has 1 N–H and O–H groups in total. The second-order valence-corrected chi connectivity index (χ2v) is 2.47. The number of rotatable bonds is 3. The van der Waals surface area contributed by atoms with Crippen LogP contribution in [0.2, 0.25) is 0 Å². The fourth-order valence-electron chi connectivity index (χ4n) is 0.869. The van der Waals surface area contributed by atoms with Gasteiger partial charge in [-0.1, -0.05) is 48.6 Å². The van der Waals surface area contributed by atoms with Crippen LogP contribution in [-0.2, 0) is 4.79 Å². The molecule has 0 radical (unpaired) electrons. The maximum absolute atomic E-state index is 10.1. The lowest BCUT2D eigenvalue weighted by molar-refractivity contribution is -0.131. The van der Waals surface area contributed by atoms with Crippen molar-refractivity contribution >= 4 is 23.0 Å². The minimum Gasteiger partial charge on any atom is -0.478 e. The van der Waals surface area contributed by atoms with Gasteiger partial charge in [0.05, 0.1) is 0 Å². The Kier molecular flexibility index (Phi) is 6.07. The van der Waals surface area contributed by atoms with E-state index in [0.717, 1.165) is 11.6 Å². The molecule has 2 nitrogen and oxygen atoms in total. The number of benzene rings is 1. The molecule has 14 heavy (non-hydrogen) atoms. The molecule has 0 bridgehead atoms. The Morgan fingerprint density at radius 1 is 1.14 bits per heavy atom. The molecule has 0 heterocycles. The molecule has 0 aliphatic carbocycles. The normalized spacial score (nSPS) is 10.3. The van der Waals surface area contributed by atoms with E-state index in [1.165, 1.54) is 6.08 Å². The van der Waals surface area contributed by atoms with E-state index in [0.29, 0.717) is 0 Å². The Morgan fingerprint density at radius 2 is 1.79 bits per heavy atom. The lowest BCUT2D eigenvalue weighted by atomic mass is 10.2. The Hall–Kier alpha value is -1.61. The molecule has 0 saturated heterocycles. The lowest BCUT2D eigenvalue weighted by Gasteiger charge is -1.87. The molecule has 0 spiro atoms. The molecule has 0 aliphatic heterocycles. The number of hydrogen-bond donors (Lipinski definition) is 1. The summed E-state index contributed by atoms with van der Waals surface area (Å²) in [6, 6.07) is 9.70. The van der Waals surface area contributed by atoms with E-state index in [-0.39, 0.29) is 11.0 Å². The Labute approximate surface area is 87.6 Å². The first-order valence-corrected chi connectivity index (χ1v) is 3.92. The van der Waals surface area contributed by atoms with Gasteiger partial charge in [0.2, 0.25) is 0 Å². The molecule has 1 aromatic rings. The largest absolute Gasteiger partial charge is 0.478 e. The van der Waals surface area contributed by atoms with Gasteiger partial charge in [-0.05, 0) is 16.5 Å². The van der Waals surface area contributed by atoms with Crippen LogP contribution in [0.5, 0.6) is 0 Å². The standard InChI is InChI=1S/C11H10O2.H4Si/c12-11(13)9-5-4-8-10-6-2-1-3-7-10;/h1-9H,(H,12,13);1H4. The van der Waals surface area contributed by atoms with E-state index in [1.54, 1.807) is 6.08 Å². The summed E-state index contributed by atoms with van der Waals surface area (Å²) in [5, 5.41) is 8.29. The van der Waals surface area contributed by atoms with Gasteiger partial charge in [-0.3, -0.25) is 0 Å². The minimum atomic E-state index is -0.933. The molecule has 74 valence electrons. The summed E-state index contributed by atoms with van der Waals surface area (Å²) < 4.78 is 0. The summed E-state index contributed by atoms with van der Waals surface area (Å²) in [6.07, 6.45) is 6.14. The number of carbonyl (C=O) groups is 1. The monoisotopic (exact) mass is 206 g/mol. The van der Waals surface area contributed by atoms with Crippen LogP contribution in [0.15, 0.2) is 48.6 Å². The Morgan fingerprint density at radius 3 is 2.36 bits per heavy atom. The van der Waals surface area contributed by atoms with Crippen LogP contribution in [-0.4, -0.2) is 22.0 Å². The molecule has 1 rings (SSSR count). The quantitative estimate of drug-likeness (QED) is 0.453. The molecule has 3 heteroatoms. The van der Waals surface area contributed by atoms with E-state index < -0.39 is 5.97 Å². The number of carboxylic acids is 1. The van der Waals surface area contributed by atoms with Crippen molar-refractivity contribution in [3.05, 3.63) is 54.1 Å². The molecule has 0 unspecified atom stereocenters. The third kappa shape index (κ3) is 5.11. The first kappa shape index (κ1) is 12.4. The van der Waals surface area contributed by atoms with E-state index in [9.17, 15) is 4.79 Å². The van der Waals surface area contributed by atoms with Crippen LogP contribution >= 0.6 is 0 Å². The Balaban J connectivity index is 0.00000169. The second kappa shape index (κ2) is 6.86. The van der Waals surface area contributed by atoms with Gasteiger partial charge in [-0.25, -0.2) is 4.79 Å². The lowest BCUT2D eigenvalue weighted by Crippen LogP contribution is -1.84. The maximum Gasteiger partial charge on any atom is 0.328 e. The second-order valence-electron chi connectivity index (χ2n) is 2.47. The van der Waals surface area contributed by atoms with Gasteiger partial charge in [0, 0.05) is 6.08 Å². The molecule has 0 amide bonds. The fraction of sp³-hybridized carbons (Fsp3) is 0. The molecular formula is C11H14O2Si. The van der Waals surface area contributed by atoms with Crippen molar-refractivity contribution < 1.29 is 9.90 Å². The molecule has 0 atom stereocenters. The summed E-state index contributed by atoms with van der Waals surface area (Å²) >= 11 is 0. The zero-order chi connectivity index (χ0) is 9.52. The molecular weight excluding hydrogens is 192 g/mol. The third-order valence-corrected chi connectivity index (χ3v) is 1.44. The van der Waals surface area contributed by atoms with E-state index in [4.69, 9.17) is 5.11 Å². The highest BCUT2D eigenvalue weighted by molar-refractivity contribution is 5.80. The van der Waals surface area contributed by atoms with Gasteiger partial charge in [0.15, 0.2) is 0 Å². The topological polar surface area (TPSA) is 37.3 Å². The number of hydrogen-bond acceptors (Lipinski definition) is 1. The summed E-state index contributed by atoms with van der Waals surface area (Å²) in [7, 11) is 0. The smallest absolute Gasteiger partial charge is 0.328 e. The van der Waals surface area contributed by atoms with Crippen molar-refractivity contribution in [2.45, 2.75) is 0 Å². The SMILES string of the molecule is O=C(O)C=CC=Cc1ccccc1.[SiH4]. The predicted octanol–water partition coefficient (Wildman–Crippen LogP) is 0.889. The van der Waals surface area contributed by atoms with Crippen LogP contribution in [0, 0.1) is 0 Å². The predicted molar refractivity (Wildman–Crippen MR) is 63.6 cm³/mol. The van der Waals surface area contributed by atoms with Gasteiger partial charge < -0.3 is 5.11 Å². The van der Waals surface area contributed by atoms with Crippen molar-refractivity contribution in [1.29, 1.82) is 0 Å². The minimum absolute atomic E-state index is 0. The van der Waals surface area contributed by atoms with E-state index in [2.05, 4.69) is 0 Å². The molecule has 0 saturated carbocycles. The first-order chi connectivity index (χ1) is 6.29. The van der Waals surface area contributed by atoms with Gasteiger partial charge in [-0.15, -0.1) is 0 Å². The van der Waals surface area contributed by atoms with Crippen molar-refractivity contribution in [3.63, 3.8) is 0 Å². The van der Waals surface area contributed by atoms with Gasteiger partial charge in [0.25, 0.3) is 0 Å². The highest BCUT2D eigenvalue weighted by atomic mass is 28.1. The molecule has 0 aromatic heterocycles. The van der Waals surface area contributed by atoms with Crippen molar-refractivity contribution in [2.24, 2.45) is 0 Å². The summed E-state index contributed by atoms with van der Waals surface area (Å²) in [5.41, 5.74) is 1.05. The van der Waals surface area contributed by atoms with Gasteiger partial charge >= 0.3 is 5.97 Å². The van der Waals surface area contributed by atoms with Crippen LogP contribution in [0.3, 0.4) is 0 Å².